The van der Waals surface area contributed by atoms with Gasteiger partial charge in [0, 0.05) is 29.3 Å². The average molecular weight is 431 g/mol. The van der Waals surface area contributed by atoms with Gasteiger partial charge in [-0.15, -0.1) is 0 Å². The predicted octanol–water partition coefficient (Wildman–Crippen LogP) is 4.81. The van der Waals surface area contributed by atoms with Crippen LogP contribution in [0.4, 0.5) is 0 Å². The Labute approximate surface area is 188 Å². The molecule has 32 heavy (non-hydrogen) atoms. The molecule has 0 N–H and O–H groups in total. The van der Waals surface area contributed by atoms with E-state index in [-0.39, 0.29) is 17.6 Å². The Morgan fingerprint density at radius 3 is 2.25 bits per heavy atom. The Hall–Kier alpha value is -3.59. The molecule has 0 spiro atoms. The lowest BCUT2D eigenvalue weighted by Gasteiger charge is -2.35. The van der Waals surface area contributed by atoms with Gasteiger partial charge in [0.1, 0.15) is 5.75 Å². The number of rotatable bonds is 5. The molecule has 1 aliphatic carbocycles. The van der Waals surface area contributed by atoms with Crippen LogP contribution in [0.2, 0.25) is 0 Å². The van der Waals surface area contributed by atoms with Gasteiger partial charge in [-0.1, -0.05) is 18.2 Å². The van der Waals surface area contributed by atoms with E-state index in [1.165, 1.54) is 0 Å². The minimum atomic E-state index is -0.506. The zero-order valence-corrected chi connectivity index (χ0v) is 18.7. The predicted molar refractivity (Wildman–Crippen MR) is 122 cm³/mol. The fourth-order valence-corrected chi connectivity index (χ4v) is 4.74. The van der Waals surface area contributed by atoms with Gasteiger partial charge in [-0.05, 0) is 54.7 Å². The number of carbonyl (C=O) groups is 1. The molecule has 2 aromatic carbocycles. The summed E-state index contributed by atoms with van der Waals surface area (Å²) < 4.78 is 16.1. The molecule has 0 amide bonds. The fourth-order valence-electron chi connectivity index (χ4n) is 4.74. The number of hydrogen-bond donors (Lipinski definition) is 0. The highest BCUT2D eigenvalue weighted by Crippen LogP contribution is 2.47. The second-order valence-electron chi connectivity index (χ2n) is 8.11. The van der Waals surface area contributed by atoms with E-state index in [0.29, 0.717) is 29.9 Å². The van der Waals surface area contributed by atoms with Crippen molar-refractivity contribution in [1.82, 2.24) is 0 Å². The number of ether oxygens (including phenoxy) is 3. The Morgan fingerprint density at radius 2 is 1.62 bits per heavy atom. The normalized spacial score (nSPS) is 22.5. The molecular formula is C26H26N2O4. The summed E-state index contributed by atoms with van der Waals surface area (Å²) in [7, 11) is 4.79. The molecule has 1 unspecified atom stereocenters. The molecule has 6 heteroatoms. The maximum absolute atomic E-state index is 13.4. The largest absolute Gasteiger partial charge is 0.497 e. The zero-order valence-electron chi connectivity index (χ0n) is 18.7. The first-order valence-electron chi connectivity index (χ1n) is 10.6. The molecule has 6 nitrogen and oxygen atoms in total. The van der Waals surface area contributed by atoms with Crippen LogP contribution >= 0.6 is 0 Å². The molecule has 1 aliphatic heterocycles. The van der Waals surface area contributed by atoms with E-state index in [0.717, 1.165) is 28.3 Å². The molecule has 2 aliphatic rings. The molecule has 0 radical (unpaired) electrons. The van der Waals surface area contributed by atoms with Crippen LogP contribution in [-0.2, 0) is 4.79 Å². The van der Waals surface area contributed by atoms with Gasteiger partial charge in [-0.25, -0.2) is 0 Å². The van der Waals surface area contributed by atoms with Crippen molar-refractivity contribution in [2.24, 2.45) is 10.9 Å². The van der Waals surface area contributed by atoms with Gasteiger partial charge in [0.05, 0.1) is 33.3 Å². The van der Waals surface area contributed by atoms with E-state index in [4.69, 9.17) is 19.2 Å². The van der Waals surface area contributed by atoms with Crippen molar-refractivity contribution in [1.29, 1.82) is 5.26 Å². The fraction of sp³-hybridized carbons (Fsp3) is 0.346. The quantitative estimate of drug-likeness (QED) is 0.680. The van der Waals surface area contributed by atoms with Crippen molar-refractivity contribution >= 4 is 11.5 Å². The minimum absolute atomic E-state index is 0.0448. The van der Waals surface area contributed by atoms with E-state index in [2.05, 4.69) is 6.07 Å². The van der Waals surface area contributed by atoms with Gasteiger partial charge in [-0.2, -0.15) is 5.26 Å². The Balaban J connectivity index is 1.76. The molecule has 0 saturated carbocycles. The third-order valence-corrected chi connectivity index (χ3v) is 6.38. The number of hydrogen-bond acceptors (Lipinski definition) is 6. The SMILES string of the molecule is COc1ccc([C@@H]2CC(=O)C3=C(C2)N=C(C)C(C#N)[C@H]3c2ccc(OC)c(OC)c2)cc1. The second-order valence-corrected chi connectivity index (χ2v) is 8.11. The van der Waals surface area contributed by atoms with E-state index in [9.17, 15) is 10.1 Å². The van der Waals surface area contributed by atoms with Gasteiger partial charge in [0.25, 0.3) is 0 Å². The molecule has 0 fully saturated rings. The van der Waals surface area contributed by atoms with Gasteiger partial charge in [0.15, 0.2) is 17.3 Å². The van der Waals surface area contributed by atoms with Crippen molar-refractivity contribution in [3.05, 3.63) is 64.9 Å². The minimum Gasteiger partial charge on any atom is -0.497 e. The number of nitriles is 1. The first-order chi connectivity index (χ1) is 15.5. The highest BCUT2D eigenvalue weighted by atomic mass is 16.5. The lowest BCUT2D eigenvalue weighted by molar-refractivity contribution is -0.116. The maximum atomic E-state index is 13.4. The van der Waals surface area contributed by atoms with Gasteiger partial charge >= 0.3 is 0 Å². The Morgan fingerprint density at radius 1 is 0.938 bits per heavy atom. The molecule has 0 aromatic heterocycles. The van der Waals surface area contributed by atoms with Crippen molar-refractivity contribution < 1.29 is 19.0 Å². The standard InChI is InChI=1S/C26H26N2O4/c1-15-20(14-27)25(17-7-10-23(31-3)24(13-17)32-4)26-21(28-15)11-18(12-22(26)29)16-5-8-19(30-2)9-6-16/h5-10,13,18,20,25H,11-12H2,1-4H3/t18-,20?,25+/m0/s1. The number of ketones is 1. The molecule has 164 valence electrons. The molecular weight excluding hydrogens is 404 g/mol. The molecule has 0 saturated heterocycles. The van der Waals surface area contributed by atoms with Crippen LogP contribution in [0.5, 0.6) is 17.2 Å². The summed E-state index contributed by atoms with van der Waals surface area (Å²) in [4.78, 5) is 18.2. The van der Waals surface area contributed by atoms with Gasteiger partial charge in [0.2, 0.25) is 0 Å². The van der Waals surface area contributed by atoms with Crippen molar-refractivity contribution in [2.45, 2.75) is 31.6 Å². The number of benzene rings is 2. The first-order valence-corrected chi connectivity index (χ1v) is 10.6. The number of nitrogens with zero attached hydrogens (tertiary/aromatic N) is 2. The average Bonchev–Trinajstić information content (AvgIpc) is 2.82. The van der Waals surface area contributed by atoms with Crippen molar-refractivity contribution in [2.75, 3.05) is 21.3 Å². The lowest BCUT2D eigenvalue weighted by atomic mass is 9.69. The molecule has 4 rings (SSSR count). The van der Waals surface area contributed by atoms with Gasteiger partial charge in [-0.3, -0.25) is 9.79 Å². The summed E-state index contributed by atoms with van der Waals surface area (Å²) in [5.41, 5.74) is 4.11. The number of methoxy groups -OCH3 is 3. The van der Waals surface area contributed by atoms with Crippen molar-refractivity contribution in [3.63, 3.8) is 0 Å². The highest BCUT2D eigenvalue weighted by Gasteiger charge is 2.41. The lowest BCUT2D eigenvalue weighted by Crippen LogP contribution is -2.32. The summed E-state index contributed by atoms with van der Waals surface area (Å²) in [5, 5.41) is 9.94. The number of allylic oxidation sites excluding steroid dienone is 2. The zero-order chi connectivity index (χ0) is 22.8. The maximum Gasteiger partial charge on any atom is 0.161 e. The van der Waals surface area contributed by atoms with Crippen LogP contribution < -0.4 is 14.2 Å². The third-order valence-electron chi connectivity index (χ3n) is 6.38. The Kier molecular flexibility index (Phi) is 6.00. The number of Topliss-reactive ketones (excluding diaryl/α,β-unsaturated/α-hetero) is 1. The smallest absolute Gasteiger partial charge is 0.161 e. The molecule has 2 aromatic rings. The molecule has 3 atom stereocenters. The molecule has 1 heterocycles. The van der Waals surface area contributed by atoms with E-state index in [1.54, 1.807) is 21.3 Å². The summed E-state index contributed by atoms with van der Waals surface area (Å²) >= 11 is 0. The monoisotopic (exact) mass is 430 g/mol. The van der Waals surface area contributed by atoms with Crippen LogP contribution in [0.25, 0.3) is 0 Å². The summed E-state index contributed by atoms with van der Waals surface area (Å²) in [5.74, 6) is 1.17. The van der Waals surface area contributed by atoms with Crippen LogP contribution in [0.1, 0.15) is 42.7 Å². The highest BCUT2D eigenvalue weighted by molar-refractivity contribution is 6.03. The van der Waals surface area contributed by atoms with Crippen LogP contribution in [0, 0.1) is 17.2 Å². The summed E-state index contributed by atoms with van der Waals surface area (Å²) in [6.45, 7) is 1.87. The van der Waals surface area contributed by atoms with Crippen LogP contribution in [0.3, 0.4) is 0 Å². The second kappa shape index (κ2) is 8.88. The van der Waals surface area contributed by atoms with Crippen molar-refractivity contribution in [3.8, 4) is 23.3 Å². The van der Waals surface area contributed by atoms with E-state index >= 15 is 0 Å². The van der Waals surface area contributed by atoms with E-state index < -0.39 is 5.92 Å². The molecule has 0 bridgehead atoms. The van der Waals surface area contributed by atoms with Crippen LogP contribution in [0.15, 0.2) is 58.7 Å². The number of aliphatic imine (C=N–C) groups is 1. The first kappa shape index (κ1) is 21.6. The van der Waals surface area contributed by atoms with Crippen LogP contribution in [-0.4, -0.2) is 32.8 Å². The summed E-state index contributed by atoms with van der Waals surface area (Å²) in [6, 6.07) is 15.8. The third kappa shape index (κ3) is 3.75. The Bertz CT molecular complexity index is 1140. The van der Waals surface area contributed by atoms with Gasteiger partial charge < -0.3 is 14.2 Å². The topological polar surface area (TPSA) is 80.9 Å². The summed E-state index contributed by atoms with van der Waals surface area (Å²) in [6.07, 6.45) is 1.05. The van der Waals surface area contributed by atoms with E-state index in [1.807, 2.05) is 49.4 Å². The number of carbonyl (C=O) groups excluding carboxylic acids is 1.